The molecular formula is C10H12FNO4. The average Bonchev–Trinajstić information content (AvgIpc) is 2.24. The van der Waals surface area contributed by atoms with Gasteiger partial charge >= 0.3 is 6.09 Å². The first-order valence-electron chi connectivity index (χ1n) is 4.64. The third-order valence-corrected chi connectivity index (χ3v) is 1.92. The summed E-state index contributed by atoms with van der Waals surface area (Å²) >= 11 is 0. The highest BCUT2D eigenvalue weighted by atomic mass is 19.1. The van der Waals surface area contributed by atoms with Gasteiger partial charge in [-0.2, -0.15) is 5.48 Å². The number of benzene rings is 1. The Labute approximate surface area is 91.4 Å². The molecule has 0 aromatic heterocycles. The van der Waals surface area contributed by atoms with Gasteiger partial charge in [-0.25, -0.2) is 9.18 Å². The number of carbonyl (C=O) groups is 1. The lowest BCUT2D eigenvalue weighted by molar-refractivity contribution is 0.0207. The zero-order chi connectivity index (χ0) is 12.0. The molecule has 0 aliphatic heterocycles. The molecule has 0 spiro atoms. The van der Waals surface area contributed by atoms with Gasteiger partial charge in [0, 0.05) is 12.0 Å². The Bertz CT molecular complexity index is 358. The molecule has 1 aromatic carbocycles. The van der Waals surface area contributed by atoms with Gasteiger partial charge in [0.25, 0.3) is 0 Å². The second-order valence-electron chi connectivity index (χ2n) is 3.08. The van der Waals surface area contributed by atoms with Crippen molar-refractivity contribution < 1.29 is 24.2 Å². The lowest BCUT2D eigenvalue weighted by atomic mass is 10.1. The number of hydroxylamine groups is 1. The molecule has 5 nitrogen and oxygen atoms in total. The maximum atomic E-state index is 13.2. The molecule has 16 heavy (non-hydrogen) atoms. The van der Waals surface area contributed by atoms with Crippen LogP contribution in [0.3, 0.4) is 0 Å². The molecule has 0 heterocycles. The van der Waals surface area contributed by atoms with Gasteiger partial charge in [0.2, 0.25) is 0 Å². The van der Waals surface area contributed by atoms with Crippen LogP contribution in [-0.4, -0.2) is 22.9 Å². The second kappa shape index (κ2) is 6.04. The monoisotopic (exact) mass is 229 g/mol. The van der Waals surface area contributed by atoms with Crippen LogP contribution in [0.4, 0.5) is 9.18 Å². The highest BCUT2D eigenvalue weighted by Crippen LogP contribution is 2.19. The van der Waals surface area contributed by atoms with E-state index in [1.165, 1.54) is 18.2 Å². The highest BCUT2D eigenvalue weighted by molar-refractivity contribution is 5.62. The van der Waals surface area contributed by atoms with Crippen LogP contribution in [0.25, 0.3) is 0 Å². The van der Waals surface area contributed by atoms with E-state index in [-0.39, 0.29) is 18.6 Å². The number of aliphatic hydroxyl groups excluding tert-OH is 1. The van der Waals surface area contributed by atoms with Gasteiger partial charge in [-0.1, -0.05) is 18.2 Å². The van der Waals surface area contributed by atoms with E-state index in [1.807, 2.05) is 0 Å². The molecule has 0 saturated heterocycles. The highest BCUT2D eigenvalue weighted by Gasteiger charge is 2.11. The Hall–Kier alpha value is -1.66. The molecule has 0 aliphatic carbocycles. The van der Waals surface area contributed by atoms with Gasteiger partial charge in [-0.15, -0.1) is 0 Å². The van der Waals surface area contributed by atoms with Crippen molar-refractivity contribution in [1.82, 2.24) is 5.48 Å². The van der Waals surface area contributed by atoms with Crippen molar-refractivity contribution in [2.24, 2.45) is 0 Å². The summed E-state index contributed by atoms with van der Waals surface area (Å²) in [5.74, 6) is -0.499. The normalized spacial score (nSPS) is 12.1. The van der Waals surface area contributed by atoms with Crippen LogP contribution < -0.4 is 5.48 Å². The second-order valence-corrected chi connectivity index (χ2v) is 3.08. The molecule has 88 valence electrons. The lowest BCUT2D eigenvalue weighted by Gasteiger charge is -2.11. The molecule has 3 N–H and O–H groups in total. The molecule has 1 rings (SSSR count). The van der Waals surface area contributed by atoms with E-state index in [0.29, 0.717) is 0 Å². The predicted octanol–water partition coefficient (Wildman–Crippen LogP) is 1.45. The molecular weight excluding hydrogens is 217 g/mol. The standard InChI is InChI=1S/C10H12FNO4/c11-8-4-2-1-3-7(8)9(13)5-6-16-12-10(14)15/h1-4,9,12-13H,5-6H2,(H,14,15). The summed E-state index contributed by atoms with van der Waals surface area (Å²) in [7, 11) is 0. The minimum absolute atomic E-state index is 0.0399. The van der Waals surface area contributed by atoms with Crippen molar-refractivity contribution >= 4 is 6.09 Å². The fourth-order valence-corrected chi connectivity index (χ4v) is 1.18. The van der Waals surface area contributed by atoms with Gasteiger partial charge < -0.3 is 10.2 Å². The van der Waals surface area contributed by atoms with Crippen LogP contribution in [0.2, 0.25) is 0 Å². The SMILES string of the molecule is O=C(O)NOCCC(O)c1ccccc1F. The van der Waals surface area contributed by atoms with Gasteiger partial charge in [0.1, 0.15) is 5.82 Å². The van der Waals surface area contributed by atoms with Gasteiger partial charge in [0.05, 0.1) is 12.7 Å². The number of hydrogen-bond donors (Lipinski definition) is 3. The topological polar surface area (TPSA) is 78.8 Å². The van der Waals surface area contributed by atoms with Crippen LogP contribution in [0, 0.1) is 5.82 Å². The molecule has 0 bridgehead atoms. The van der Waals surface area contributed by atoms with Crippen molar-refractivity contribution in [3.63, 3.8) is 0 Å². The van der Waals surface area contributed by atoms with Crippen LogP contribution in [0.1, 0.15) is 18.1 Å². The van der Waals surface area contributed by atoms with Crippen molar-refractivity contribution in [2.45, 2.75) is 12.5 Å². The number of aliphatic hydroxyl groups is 1. The molecule has 0 saturated carbocycles. The van der Waals surface area contributed by atoms with Crippen LogP contribution >= 0.6 is 0 Å². The number of rotatable bonds is 5. The largest absolute Gasteiger partial charge is 0.464 e. The van der Waals surface area contributed by atoms with E-state index in [0.717, 1.165) is 0 Å². The molecule has 6 heteroatoms. The van der Waals surface area contributed by atoms with E-state index in [4.69, 9.17) is 5.11 Å². The first kappa shape index (κ1) is 12.4. The summed E-state index contributed by atoms with van der Waals surface area (Å²) in [4.78, 5) is 14.5. The van der Waals surface area contributed by atoms with E-state index in [1.54, 1.807) is 11.5 Å². The van der Waals surface area contributed by atoms with Gasteiger partial charge in [-0.3, -0.25) is 4.84 Å². The number of hydrogen-bond acceptors (Lipinski definition) is 3. The van der Waals surface area contributed by atoms with Gasteiger partial charge in [-0.05, 0) is 6.07 Å². The van der Waals surface area contributed by atoms with Crippen molar-refractivity contribution in [1.29, 1.82) is 0 Å². The summed E-state index contributed by atoms with van der Waals surface area (Å²) in [5, 5.41) is 17.8. The lowest BCUT2D eigenvalue weighted by Crippen LogP contribution is -2.22. The summed E-state index contributed by atoms with van der Waals surface area (Å²) < 4.78 is 13.2. The van der Waals surface area contributed by atoms with Crippen molar-refractivity contribution in [3.8, 4) is 0 Å². The summed E-state index contributed by atoms with van der Waals surface area (Å²) in [6, 6.07) is 5.84. The van der Waals surface area contributed by atoms with E-state index < -0.39 is 18.0 Å². The average molecular weight is 229 g/mol. The number of carboxylic acid groups (broad SMARTS) is 1. The Morgan fingerprint density at radius 2 is 2.19 bits per heavy atom. The zero-order valence-electron chi connectivity index (χ0n) is 8.39. The van der Waals surface area contributed by atoms with Crippen molar-refractivity contribution in [3.05, 3.63) is 35.6 Å². The van der Waals surface area contributed by atoms with E-state index >= 15 is 0 Å². The fraction of sp³-hybridized carbons (Fsp3) is 0.300. The number of nitrogens with one attached hydrogen (secondary N) is 1. The fourth-order valence-electron chi connectivity index (χ4n) is 1.18. The van der Waals surface area contributed by atoms with Gasteiger partial charge in [0.15, 0.2) is 0 Å². The van der Waals surface area contributed by atoms with Crippen LogP contribution in [0.5, 0.6) is 0 Å². The molecule has 0 aliphatic rings. The number of amides is 1. The molecule has 1 amide bonds. The Morgan fingerprint density at radius 3 is 2.81 bits per heavy atom. The Balaban J connectivity index is 2.38. The quantitative estimate of drug-likeness (QED) is 0.527. The molecule has 1 unspecified atom stereocenters. The maximum Gasteiger partial charge on any atom is 0.428 e. The zero-order valence-corrected chi connectivity index (χ0v) is 8.39. The van der Waals surface area contributed by atoms with Crippen molar-refractivity contribution in [2.75, 3.05) is 6.61 Å². The predicted molar refractivity (Wildman–Crippen MR) is 53.1 cm³/mol. The third kappa shape index (κ3) is 3.84. The molecule has 0 radical (unpaired) electrons. The summed E-state index contributed by atoms with van der Waals surface area (Å²) in [6.45, 7) is -0.0399. The smallest absolute Gasteiger partial charge is 0.428 e. The Kier molecular flexibility index (Phi) is 4.68. The van der Waals surface area contributed by atoms with E-state index in [2.05, 4.69) is 4.84 Å². The first-order valence-corrected chi connectivity index (χ1v) is 4.64. The minimum Gasteiger partial charge on any atom is -0.464 e. The summed E-state index contributed by atoms with van der Waals surface area (Å²) in [6.07, 6.45) is -2.24. The molecule has 1 atom stereocenters. The third-order valence-electron chi connectivity index (χ3n) is 1.92. The number of halogens is 1. The summed E-state index contributed by atoms with van der Waals surface area (Å²) in [5.41, 5.74) is 1.85. The van der Waals surface area contributed by atoms with Crippen LogP contribution in [0.15, 0.2) is 24.3 Å². The van der Waals surface area contributed by atoms with Crippen LogP contribution in [-0.2, 0) is 4.84 Å². The minimum atomic E-state index is -1.32. The molecule has 0 fully saturated rings. The van der Waals surface area contributed by atoms with E-state index in [9.17, 15) is 14.3 Å². The molecule has 1 aromatic rings. The Morgan fingerprint density at radius 1 is 1.50 bits per heavy atom. The first-order chi connectivity index (χ1) is 7.61. The maximum absolute atomic E-state index is 13.2.